The maximum absolute atomic E-state index is 12.3. The molecule has 1 aliphatic rings. The van der Waals surface area contributed by atoms with Gasteiger partial charge in [-0.25, -0.2) is 9.78 Å². The first kappa shape index (κ1) is 21.3. The van der Waals surface area contributed by atoms with Gasteiger partial charge in [-0.1, -0.05) is 6.07 Å². The van der Waals surface area contributed by atoms with Gasteiger partial charge in [0.15, 0.2) is 0 Å². The van der Waals surface area contributed by atoms with Crippen molar-refractivity contribution in [2.75, 3.05) is 56.2 Å². The Kier molecular flexibility index (Phi) is 7.65. The van der Waals surface area contributed by atoms with E-state index in [0.717, 1.165) is 67.1 Å². The van der Waals surface area contributed by atoms with Crippen LogP contribution in [0.4, 0.5) is 27.9 Å². The number of halogens is 1. The number of anilines is 4. The number of nitrogens with zero attached hydrogens (tertiary/aromatic N) is 4. The lowest BCUT2D eigenvalue weighted by Gasteiger charge is -2.16. The second-order valence-corrected chi connectivity index (χ2v) is 8.16. The van der Waals surface area contributed by atoms with Crippen molar-refractivity contribution in [3.63, 3.8) is 0 Å². The topological polar surface area (TPSA) is 85.4 Å². The zero-order valence-corrected chi connectivity index (χ0v) is 18.5. The number of aromatic nitrogens is 2. The number of hydrogen-bond donors (Lipinski definition) is 3. The molecule has 3 N–H and O–H groups in total. The van der Waals surface area contributed by atoms with Crippen LogP contribution in [0.1, 0.15) is 19.3 Å². The maximum Gasteiger partial charge on any atom is 0.321 e. The first-order valence-electron chi connectivity index (χ1n) is 9.85. The minimum Gasteiger partial charge on any atom is -0.369 e. The lowest BCUT2D eigenvalue weighted by atomic mass is 10.3. The number of carbonyl (C=O) groups is 1. The van der Waals surface area contributed by atoms with Crippen LogP contribution in [0.5, 0.6) is 0 Å². The highest BCUT2D eigenvalue weighted by molar-refractivity contribution is 9.10. The molecule has 0 unspecified atom stereocenters. The van der Waals surface area contributed by atoms with Crippen LogP contribution in [0.3, 0.4) is 0 Å². The molecule has 0 saturated carbocycles. The fraction of sp³-hybridized carbons (Fsp3) is 0.450. The molecule has 2 heterocycles. The normalized spacial score (nSPS) is 13.6. The Bertz CT molecular complexity index is 824. The largest absolute Gasteiger partial charge is 0.369 e. The van der Waals surface area contributed by atoms with E-state index in [1.807, 2.05) is 29.2 Å². The zero-order chi connectivity index (χ0) is 20.6. The third kappa shape index (κ3) is 6.57. The number of nitrogens with one attached hydrogen (secondary N) is 3. The van der Waals surface area contributed by atoms with E-state index in [4.69, 9.17) is 0 Å². The van der Waals surface area contributed by atoms with E-state index in [0.29, 0.717) is 5.95 Å². The van der Waals surface area contributed by atoms with Gasteiger partial charge < -0.3 is 25.8 Å². The van der Waals surface area contributed by atoms with E-state index in [-0.39, 0.29) is 6.03 Å². The molecule has 1 fully saturated rings. The van der Waals surface area contributed by atoms with Crippen molar-refractivity contribution in [1.29, 1.82) is 0 Å². The number of urea groups is 1. The summed E-state index contributed by atoms with van der Waals surface area (Å²) < 4.78 is 0.819. The summed E-state index contributed by atoms with van der Waals surface area (Å²) in [7, 11) is 4.12. The molecule has 1 aromatic carbocycles. The summed E-state index contributed by atoms with van der Waals surface area (Å²) in [4.78, 5) is 25.2. The molecule has 156 valence electrons. The number of hydrogen-bond acceptors (Lipinski definition) is 6. The summed E-state index contributed by atoms with van der Waals surface area (Å²) in [5.41, 5.74) is 1.55. The van der Waals surface area contributed by atoms with Gasteiger partial charge in [-0.15, -0.1) is 0 Å². The Morgan fingerprint density at radius 1 is 1.24 bits per heavy atom. The Hall–Kier alpha value is -2.39. The fourth-order valence-electron chi connectivity index (χ4n) is 3.08. The molecule has 29 heavy (non-hydrogen) atoms. The zero-order valence-electron chi connectivity index (χ0n) is 16.9. The monoisotopic (exact) mass is 461 g/mol. The minimum absolute atomic E-state index is 0.0521. The first-order chi connectivity index (χ1) is 14.0. The van der Waals surface area contributed by atoms with Gasteiger partial charge in [0.25, 0.3) is 0 Å². The molecule has 9 heteroatoms. The molecule has 0 bridgehead atoms. The molecule has 0 aliphatic carbocycles. The summed E-state index contributed by atoms with van der Waals surface area (Å²) >= 11 is 3.49. The van der Waals surface area contributed by atoms with E-state index in [9.17, 15) is 4.79 Å². The van der Waals surface area contributed by atoms with Gasteiger partial charge >= 0.3 is 6.03 Å². The standard InChI is InChI=1S/C20H28BrN7O/c1-27(2)10-6-9-22-18-17(21)14-23-19(26-18)24-15-7-5-8-16(13-15)25-20(29)28-11-3-4-12-28/h5,7-8,13-14H,3-4,6,9-12H2,1-2H3,(H,25,29)(H2,22,23,24,26). The third-order valence-corrected chi connectivity index (χ3v) is 5.16. The van der Waals surface area contributed by atoms with Crippen molar-refractivity contribution >= 4 is 45.1 Å². The molecular weight excluding hydrogens is 434 g/mol. The van der Waals surface area contributed by atoms with E-state index in [2.05, 4.69) is 60.8 Å². The van der Waals surface area contributed by atoms with Crippen LogP contribution in [0.25, 0.3) is 0 Å². The molecular formula is C20H28BrN7O. The summed E-state index contributed by atoms with van der Waals surface area (Å²) in [6.45, 7) is 3.48. The van der Waals surface area contributed by atoms with E-state index in [1.165, 1.54) is 0 Å². The second kappa shape index (κ2) is 10.4. The molecule has 1 aliphatic heterocycles. The van der Waals surface area contributed by atoms with Crippen molar-refractivity contribution in [2.45, 2.75) is 19.3 Å². The molecule has 0 spiro atoms. The molecule has 2 aromatic rings. The lowest BCUT2D eigenvalue weighted by Crippen LogP contribution is -2.32. The number of rotatable bonds is 8. The van der Waals surface area contributed by atoms with Gasteiger partial charge in [-0.2, -0.15) is 4.98 Å². The molecule has 8 nitrogen and oxygen atoms in total. The van der Waals surface area contributed by atoms with E-state index in [1.54, 1.807) is 6.20 Å². The van der Waals surface area contributed by atoms with Crippen molar-refractivity contribution in [2.24, 2.45) is 0 Å². The van der Waals surface area contributed by atoms with Gasteiger partial charge in [0.2, 0.25) is 5.95 Å². The Morgan fingerprint density at radius 3 is 2.76 bits per heavy atom. The molecule has 1 aromatic heterocycles. The van der Waals surface area contributed by atoms with Crippen LogP contribution in [0, 0.1) is 0 Å². The van der Waals surface area contributed by atoms with Crippen LogP contribution < -0.4 is 16.0 Å². The minimum atomic E-state index is -0.0521. The first-order valence-corrected chi connectivity index (χ1v) is 10.6. The van der Waals surface area contributed by atoms with Crippen molar-refractivity contribution in [3.8, 4) is 0 Å². The molecule has 2 amide bonds. The maximum atomic E-state index is 12.3. The molecule has 0 radical (unpaired) electrons. The highest BCUT2D eigenvalue weighted by Crippen LogP contribution is 2.23. The average molecular weight is 462 g/mol. The van der Waals surface area contributed by atoms with Crippen LogP contribution in [0.2, 0.25) is 0 Å². The quantitative estimate of drug-likeness (QED) is 0.515. The molecule has 3 rings (SSSR count). The van der Waals surface area contributed by atoms with E-state index >= 15 is 0 Å². The van der Waals surface area contributed by atoms with Crippen LogP contribution in [-0.2, 0) is 0 Å². The predicted octanol–water partition coefficient (Wildman–Crippen LogP) is 3.97. The SMILES string of the molecule is CN(C)CCCNc1nc(Nc2cccc(NC(=O)N3CCCC3)c2)ncc1Br. The molecule has 0 atom stereocenters. The Balaban J connectivity index is 1.60. The van der Waals surface area contributed by atoms with Gasteiger partial charge in [0, 0.05) is 37.2 Å². The van der Waals surface area contributed by atoms with Crippen molar-refractivity contribution in [1.82, 2.24) is 19.8 Å². The molecule has 1 saturated heterocycles. The number of likely N-dealkylation sites (tertiary alicyclic amines) is 1. The van der Waals surface area contributed by atoms with Gasteiger partial charge in [-0.05, 0) is 74.0 Å². The van der Waals surface area contributed by atoms with E-state index < -0.39 is 0 Å². The van der Waals surface area contributed by atoms with Crippen LogP contribution >= 0.6 is 15.9 Å². The summed E-state index contributed by atoms with van der Waals surface area (Å²) in [6, 6.07) is 7.51. The highest BCUT2D eigenvalue weighted by atomic mass is 79.9. The smallest absolute Gasteiger partial charge is 0.321 e. The van der Waals surface area contributed by atoms with Crippen molar-refractivity contribution < 1.29 is 4.79 Å². The van der Waals surface area contributed by atoms with Crippen LogP contribution in [0.15, 0.2) is 34.9 Å². The summed E-state index contributed by atoms with van der Waals surface area (Å²) in [5.74, 6) is 1.24. The lowest BCUT2D eigenvalue weighted by molar-refractivity contribution is 0.222. The number of benzene rings is 1. The third-order valence-electron chi connectivity index (χ3n) is 4.58. The summed E-state index contributed by atoms with van der Waals surface area (Å²) in [5, 5.41) is 9.50. The van der Waals surface area contributed by atoms with Gasteiger partial charge in [0.1, 0.15) is 5.82 Å². The van der Waals surface area contributed by atoms with Gasteiger partial charge in [0.05, 0.1) is 4.47 Å². The Morgan fingerprint density at radius 2 is 2.00 bits per heavy atom. The number of carbonyl (C=O) groups excluding carboxylic acids is 1. The van der Waals surface area contributed by atoms with Crippen LogP contribution in [-0.4, -0.2) is 66.1 Å². The Labute approximate surface area is 180 Å². The predicted molar refractivity (Wildman–Crippen MR) is 121 cm³/mol. The number of amides is 2. The average Bonchev–Trinajstić information content (AvgIpc) is 3.23. The fourth-order valence-corrected chi connectivity index (χ4v) is 3.41. The second-order valence-electron chi connectivity index (χ2n) is 7.30. The highest BCUT2D eigenvalue weighted by Gasteiger charge is 2.17. The summed E-state index contributed by atoms with van der Waals surface area (Å²) in [6.07, 6.45) is 4.89. The van der Waals surface area contributed by atoms with Crippen molar-refractivity contribution in [3.05, 3.63) is 34.9 Å². The van der Waals surface area contributed by atoms with Gasteiger partial charge in [-0.3, -0.25) is 0 Å².